The summed E-state index contributed by atoms with van der Waals surface area (Å²) in [7, 11) is -4.06. The fourth-order valence-electron chi connectivity index (χ4n) is 5.97. The Morgan fingerprint density at radius 3 is 2.84 bits per heavy atom. The minimum atomic E-state index is -4.06. The van der Waals surface area contributed by atoms with Crippen LogP contribution in [0.3, 0.4) is 0 Å². The number of hydrogen-bond donors (Lipinski definition) is 1. The molecule has 1 saturated carbocycles. The van der Waals surface area contributed by atoms with Crippen LogP contribution < -0.4 is 14.4 Å². The molecule has 2 heterocycles. The zero-order valence-electron chi connectivity index (χ0n) is 21.0. The molecule has 6 rings (SSSR count). The number of hydrogen-bond acceptors (Lipinski definition) is 7. The molecule has 1 N–H and O–H groups in total. The number of thiazole rings is 1. The molecule has 0 unspecified atom stereocenters. The van der Waals surface area contributed by atoms with Gasteiger partial charge < -0.3 is 9.64 Å². The third kappa shape index (κ3) is 5.03. The van der Waals surface area contributed by atoms with Gasteiger partial charge in [-0.1, -0.05) is 24.1 Å². The SMILES string of the molecule is O=C(Cc1nccs1)NS(=O)(=O)c1ccc2c(c1)N(CC1CCC1)C[C@@]1(CCCc3cc(Cl)ccc31)CO2. The van der Waals surface area contributed by atoms with Crippen molar-refractivity contribution in [2.45, 2.75) is 55.3 Å². The highest BCUT2D eigenvalue weighted by molar-refractivity contribution is 7.90. The molecule has 38 heavy (non-hydrogen) atoms. The maximum Gasteiger partial charge on any atom is 0.264 e. The largest absolute Gasteiger partial charge is 0.490 e. The molecular weight excluding hydrogens is 542 g/mol. The number of anilines is 1. The molecule has 1 aromatic heterocycles. The van der Waals surface area contributed by atoms with Gasteiger partial charge in [-0.3, -0.25) is 4.79 Å². The van der Waals surface area contributed by atoms with E-state index in [1.165, 1.54) is 47.8 Å². The van der Waals surface area contributed by atoms with Gasteiger partial charge in [0.05, 0.1) is 23.6 Å². The van der Waals surface area contributed by atoms with Gasteiger partial charge in [0.2, 0.25) is 5.91 Å². The molecule has 1 atom stereocenters. The second-order valence-electron chi connectivity index (χ2n) is 10.7. The Kier molecular flexibility index (Phi) is 6.86. The van der Waals surface area contributed by atoms with Crippen molar-refractivity contribution in [3.8, 4) is 5.75 Å². The summed E-state index contributed by atoms with van der Waals surface area (Å²) < 4.78 is 35.1. The van der Waals surface area contributed by atoms with Gasteiger partial charge >= 0.3 is 0 Å². The van der Waals surface area contributed by atoms with Gasteiger partial charge in [0.1, 0.15) is 10.8 Å². The smallest absolute Gasteiger partial charge is 0.264 e. The number of rotatable bonds is 6. The van der Waals surface area contributed by atoms with Crippen LogP contribution in [0.15, 0.2) is 52.9 Å². The Bertz CT molecular complexity index is 1460. The summed E-state index contributed by atoms with van der Waals surface area (Å²) in [6, 6.07) is 11.1. The second-order valence-corrected chi connectivity index (χ2v) is 13.8. The highest BCUT2D eigenvalue weighted by Gasteiger charge is 2.42. The molecule has 2 aliphatic carbocycles. The van der Waals surface area contributed by atoms with E-state index in [9.17, 15) is 13.2 Å². The van der Waals surface area contributed by atoms with Crippen molar-refractivity contribution in [1.29, 1.82) is 0 Å². The van der Waals surface area contributed by atoms with Gasteiger partial charge in [-0.2, -0.15) is 0 Å². The Hall–Kier alpha value is -2.62. The lowest BCUT2D eigenvalue weighted by molar-refractivity contribution is -0.118. The number of ether oxygens (including phenoxy) is 1. The summed E-state index contributed by atoms with van der Waals surface area (Å²) in [5.74, 6) is 0.647. The zero-order valence-corrected chi connectivity index (χ0v) is 23.4. The van der Waals surface area contributed by atoms with Crippen molar-refractivity contribution in [2.75, 3.05) is 24.6 Å². The summed E-state index contributed by atoms with van der Waals surface area (Å²) in [4.78, 5) is 18.9. The molecule has 200 valence electrons. The van der Waals surface area contributed by atoms with Crippen LogP contribution in [-0.2, 0) is 33.1 Å². The minimum Gasteiger partial charge on any atom is -0.490 e. The number of nitrogens with one attached hydrogen (secondary N) is 1. The monoisotopic (exact) mass is 571 g/mol. The first-order valence-electron chi connectivity index (χ1n) is 13.1. The van der Waals surface area contributed by atoms with E-state index in [1.807, 2.05) is 6.07 Å². The maximum absolute atomic E-state index is 13.2. The number of halogens is 1. The number of carbonyl (C=O) groups is 1. The van der Waals surface area contributed by atoms with Crippen LogP contribution in [0.5, 0.6) is 5.75 Å². The normalized spacial score (nSPS) is 21.1. The van der Waals surface area contributed by atoms with E-state index in [-0.39, 0.29) is 16.7 Å². The second kappa shape index (κ2) is 10.2. The van der Waals surface area contributed by atoms with Gasteiger partial charge in [0.15, 0.2) is 0 Å². The summed E-state index contributed by atoms with van der Waals surface area (Å²) >= 11 is 7.65. The highest BCUT2D eigenvalue weighted by atomic mass is 35.5. The number of sulfonamides is 1. The number of amides is 1. The van der Waals surface area contributed by atoms with Gasteiger partial charge in [0, 0.05) is 35.1 Å². The van der Waals surface area contributed by atoms with Crippen molar-refractivity contribution >= 4 is 44.6 Å². The molecule has 1 fully saturated rings. The van der Waals surface area contributed by atoms with E-state index in [0.717, 1.165) is 43.1 Å². The molecule has 0 radical (unpaired) electrons. The zero-order chi connectivity index (χ0) is 26.3. The molecule has 10 heteroatoms. The number of nitrogens with zero attached hydrogens (tertiary/aromatic N) is 2. The topological polar surface area (TPSA) is 88.6 Å². The van der Waals surface area contributed by atoms with Crippen molar-refractivity contribution < 1.29 is 17.9 Å². The molecule has 0 bridgehead atoms. The van der Waals surface area contributed by atoms with Crippen LogP contribution in [0, 0.1) is 5.92 Å². The van der Waals surface area contributed by atoms with E-state index < -0.39 is 15.9 Å². The molecule has 2 aromatic carbocycles. The molecule has 3 aliphatic rings. The number of aryl methyl sites for hydroxylation is 1. The van der Waals surface area contributed by atoms with Crippen molar-refractivity contribution in [2.24, 2.45) is 5.92 Å². The van der Waals surface area contributed by atoms with Crippen molar-refractivity contribution in [3.05, 3.63) is 69.1 Å². The molecule has 7 nitrogen and oxygen atoms in total. The number of carbonyl (C=O) groups excluding carboxylic acids is 1. The summed E-state index contributed by atoms with van der Waals surface area (Å²) in [5, 5.41) is 3.07. The summed E-state index contributed by atoms with van der Waals surface area (Å²) in [6.45, 7) is 2.11. The van der Waals surface area contributed by atoms with E-state index in [2.05, 4.69) is 26.7 Å². The van der Waals surface area contributed by atoms with Gasteiger partial charge in [-0.25, -0.2) is 18.1 Å². The van der Waals surface area contributed by atoms with Gasteiger partial charge in [0.25, 0.3) is 10.0 Å². The fourth-order valence-corrected chi connectivity index (χ4v) is 7.78. The number of fused-ring (bicyclic) bond motifs is 3. The maximum atomic E-state index is 13.2. The summed E-state index contributed by atoms with van der Waals surface area (Å²) in [5.41, 5.74) is 3.11. The number of benzene rings is 2. The summed E-state index contributed by atoms with van der Waals surface area (Å²) in [6.07, 6.45) is 8.14. The van der Waals surface area contributed by atoms with Gasteiger partial charge in [-0.15, -0.1) is 11.3 Å². The minimum absolute atomic E-state index is 0.0534. The molecule has 1 amide bonds. The lowest BCUT2D eigenvalue weighted by atomic mass is 9.70. The van der Waals surface area contributed by atoms with E-state index in [4.69, 9.17) is 16.3 Å². The first-order valence-corrected chi connectivity index (χ1v) is 15.8. The van der Waals surface area contributed by atoms with Crippen LogP contribution in [0.25, 0.3) is 0 Å². The fraction of sp³-hybridized carbons (Fsp3) is 0.429. The number of aromatic nitrogens is 1. The lowest BCUT2D eigenvalue weighted by Gasteiger charge is -2.42. The molecule has 3 aromatic rings. The van der Waals surface area contributed by atoms with E-state index in [1.54, 1.807) is 23.7 Å². The van der Waals surface area contributed by atoms with Crippen LogP contribution >= 0.6 is 22.9 Å². The lowest BCUT2D eigenvalue weighted by Crippen LogP contribution is -2.47. The Morgan fingerprint density at radius 2 is 2.08 bits per heavy atom. The average molecular weight is 572 g/mol. The first-order chi connectivity index (χ1) is 18.3. The average Bonchev–Trinajstić information content (AvgIpc) is 3.31. The Morgan fingerprint density at radius 1 is 1.21 bits per heavy atom. The highest BCUT2D eigenvalue weighted by Crippen LogP contribution is 2.45. The predicted octanol–water partition coefficient (Wildman–Crippen LogP) is 5.12. The van der Waals surface area contributed by atoms with Crippen LogP contribution in [0.2, 0.25) is 5.02 Å². The van der Waals surface area contributed by atoms with Crippen LogP contribution in [0.4, 0.5) is 5.69 Å². The molecule has 1 spiro atoms. The van der Waals surface area contributed by atoms with Crippen molar-refractivity contribution in [3.63, 3.8) is 0 Å². The van der Waals surface area contributed by atoms with Crippen LogP contribution in [0.1, 0.15) is 48.2 Å². The first kappa shape index (κ1) is 25.6. The standard InChI is InChI=1S/C28H30ClN3O4S2/c29-21-6-8-23-20(13-21)5-2-10-28(23)17-32(16-19-3-1-4-19)24-14-22(7-9-25(24)36-18-28)38(34,35)31-26(33)15-27-30-11-12-37-27/h6-9,11-14,19H,1-5,10,15-18H2,(H,31,33)/t28-/m0/s1. The Labute approximate surface area is 232 Å². The molecule has 0 saturated heterocycles. The van der Waals surface area contributed by atoms with Gasteiger partial charge in [-0.05, 0) is 79.5 Å². The molecule has 1 aliphatic heterocycles. The molecular formula is C28H30ClN3O4S2. The quantitative estimate of drug-likeness (QED) is 0.442. The van der Waals surface area contributed by atoms with E-state index in [0.29, 0.717) is 23.3 Å². The van der Waals surface area contributed by atoms with E-state index >= 15 is 0 Å². The Balaban J connectivity index is 1.32. The predicted molar refractivity (Wildman–Crippen MR) is 149 cm³/mol. The van der Waals surface area contributed by atoms with Crippen LogP contribution in [-0.4, -0.2) is 39.0 Å². The third-order valence-electron chi connectivity index (χ3n) is 8.07. The third-order valence-corrected chi connectivity index (χ3v) is 10.5. The van der Waals surface area contributed by atoms with Crippen molar-refractivity contribution in [1.82, 2.24) is 9.71 Å².